The van der Waals surface area contributed by atoms with Crippen LogP contribution >= 0.6 is 0 Å². The van der Waals surface area contributed by atoms with Crippen LogP contribution in [0.1, 0.15) is 31.4 Å². The number of ether oxygens (including phenoxy) is 3. The molecule has 1 N–H and O–H groups in total. The number of benzene rings is 1. The minimum atomic E-state index is -0.926. The fourth-order valence-corrected chi connectivity index (χ4v) is 4.31. The predicted octanol–water partition coefficient (Wildman–Crippen LogP) is 1.55. The molecule has 4 rings (SSSR count). The first-order valence-electron chi connectivity index (χ1n) is 10.0. The molecule has 1 aromatic rings. The van der Waals surface area contributed by atoms with E-state index >= 15 is 0 Å². The molecule has 0 aromatic heterocycles. The Morgan fingerprint density at radius 1 is 1.26 bits per heavy atom. The molecule has 148 valence electrons. The van der Waals surface area contributed by atoms with Crippen LogP contribution in [0.5, 0.6) is 5.75 Å². The minimum Gasteiger partial charge on any atom is -0.478 e. The van der Waals surface area contributed by atoms with Gasteiger partial charge in [0.05, 0.1) is 26.4 Å². The molecule has 2 heterocycles. The summed E-state index contributed by atoms with van der Waals surface area (Å²) in [5.74, 6) is 0.770. The number of aryl methyl sites for hydroxylation is 2. The van der Waals surface area contributed by atoms with Crippen LogP contribution in [0.15, 0.2) is 18.2 Å². The monoisotopic (exact) mass is 374 g/mol. The SMILES string of the molecule is CC(C)(Oc1ccc2c(c1)CCC2)C(=O)N1CCOC2(CNCCOC2)C1. The lowest BCUT2D eigenvalue weighted by atomic mass is 10.00. The highest BCUT2D eigenvalue weighted by Crippen LogP contribution is 2.29. The quantitative estimate of drug-likeness (QED) is 0.870. The van der Waals surface area contributed by atoms with Gasteiger partial charge in [-0.3, -0.25) is 4.79 Å². The zero-order chi connectivity index (χ0) is 18.9. The van der Waals surface area contributed by atoms with Crippen molar-refractivity contribution in [2.24, 2.45) is 0 Å². The summed E-state index contributed by atoms with van der Waals surface area (Å²) < 4.78 is 17.9. The Morgan fingerprint density at radius 2 is 2.11 bits per heavy atom. The lowest BCUT2D eigenvalue weighted by Gasteiger charge is -2.43. The van der Waals surface area contributed by atoms with Crippen LogP contribution in [0.4, 0.5) is 0 Å². The zero-order valence-electron chi connectivity index (χ0n) is 16.4. The van der Waals surface area contributed by atoms with E-state index in [4.69, 9.17) is 14.2 Å². The first-order valence-corrected chi connectivity index (χ1v) is 10.0. The molecule has 1 unspecified atom stereocenters. The Kier molecular flexibility index (Phi) is 5.14. The predicted molar refractivity (Wildman–Crippen MR) is 102 cm³/mol. The van der Waals surface area contributed by atoms with Gasteiger partial charge in [-0.15, -0.1) is 0 Å². The van der Waals surface area contributed by atoms with Gasteiger partial charge in [-0.1, -0.05) is 6.07 Å². The molecule has 1 amide bonds. The maximum absolute atomic E-state index is 13.3. The summed E-state index contributed by atoms with van der Waals surface area (Å²) >= 11 is 0. The number of morpholine rings is 1. The summed E-state index contributed by atoms with van der Waals surface area (Å²) in [6.45, 7) is 8.02. The third-order valence-corrected chi connectivity index (χ3v) is 5.73. The second-order valence-corrected chi connectivity index (χ2v) is 8.38. The molecule has 2 saturated heterocycles. The van der Waals surface area contributed by atoms with Gasteiger partial charge in [0.2, 0.25) is 0 Å². The third kappa shape index (κ3) is 3.98. The van der Waals surface area contributed by atoms with Gasteiger partial charge in [-0.25, -0.2) is 0 Å². The molecule has 0 bridgehead atoms. The Hall–Kier alpha value is -1.63. The van der Waals surface area contributed by atoms with Crippen LogP contribution in [-0.4, -0.2) is 68.0 Å². The van der Waals surface area contributed by atoms with E-state index in [1.54, 1.807) is 0 Å². The number of fused-ring (bicyclic) bond motifs is 1. The smallest absolute Gasteiger partial charge is 0.266 e. The number of nitrogens with zero attached hydrogens (tertiary/aromatic N) is 1. The number of carbonyl (C=O) groups excluding carboxylic acids is 1. The zero-order valence-corrected chi connectivity index (χ0v) is 16.4. The van der Waals surface area contributed by atoms with Gasteiger partial charge in [0.1, 0.15) is 11.4 Å². The summed E-state index contributed by atoms with van der Waals surface area (Å²) in [4.78, 5) is 15.1. The van der Waals surface area contributed by atoms with E-state index in [9.17, 15) is 4.79 Å². The number of carbonyl (C=O) groups is 1. The Bertz CT molecular complexity index is 695. The molecular formula is C21H30N2O4. The number of rotatable bonds is 3. The lowest BCUT2D eigenvalue weighted by Crippen LogP contribution is -2.62. The number of nitrogens with one attached hydrogen (secondary N) is 1. The van der Waals surface area contributed by atoms with Gasteiger partial charge in [0.25, 0.3) is 5.91 Å². The number of hydrogen-bond donors (Lipinski definition) is 1. The Morgan fingerprint density at radius 3 is 3.00 bits per heavy atom. The van der Waals surface area contributed by atoms with Crippen LogP contribution in [0.2, 0.25) is 0 Å². The average molecular weight is 374 g/mol. The molecule has 1 spiro atoms. The maximum atomic E-state index is 13.3. The molecule has 1 atom stereocenters. The summed E-state index contributed by atoms with van der Waals surface area (Å²) in [6.07, 6.45) is 3.44. The van der Waals surface area contributed by atoms with Gasteiger partial charge in [-0.2, -0.15) is 0 Å². The van der Waals surface area contributed by atoms with Crippen LogP contribution in [0.3, 0.4) is 0 Å². The second-order valence-electron chi connectivity index (χ2n) is 8.38. The van der Waals surface area contributed by atoms with E-state index in [-0.39, 0.29) is 5.91 Å². The number of hydrogen-bond acceptors (Lipinski definition) is 5. The molecule has 6 nitrogen and oxygen atoms in total. The van der Waals surface area contributed by atoms with Gasteiger partial charge < -0.3 is 24.4 Å². The fourth-order valence-electron chi connectivity index (χ4n) is 4.31. The van der Waals surface area contributed by atoms with Crippen LogP contribution < -0.4 is 10.1 Å². The van der Waals surface area contributed by atoms with Crippen molar-refractivity contribution in [2.75, 3.05) is 46.0 Å². The van der Waals surface area contributed by atoms with E-state index in [1.807, 2.05) is 24.8 Å². The molecule has 3 aliphatic rings. The average Bonchev–Trinajstić information content (AvgIpc) is 3.00. The molecule has 1 aliphatic carbocycles. The summed E-state index contributed by atoms with van der Waals surface area (Å²) in [5, 5.41) is 3.35. The summed E-state index contributed by atoms with van der Waals surface area (Å²) in [6, 6.07) is 6.22. The van der Waals surface area contributed by atoms with Crippen molar-refractivity contribution in [3.63, 3.8) is 0 Å². The van der Waals surface area contributed by atoms with E-state index in [0.29, 0.717) is 39.5 Å². The van der Waals surface area contributed by atoms with Crippen molar-refractivity contribution in [1.82, 2.24) is 10.2 Å². The summed E-state index contributed by atoms with van der Waals surface area (Å²) in [5.41, 5.74) is 1.36. The minimum absolute atomic E-state index is 0.00470. The lowest BCUT2D eigenvalue weighted by molar-refractivity contribution is -0.168. The normalized spacial score (nSPS) is 25.9. The molecule has 1 aromatic carbocycles. The van der Waals surface area contributed by atoms with Crippen molar-refractivity contribution in [3.05, 3.63) is 29.3 Å². The third-order valence-electron chi connectivity index (χ3n) is 5.73. The molecule has 27 heavy (non-hydrogen) atoms. The highest BCUT2D eigenvalue weighted by molar-refractivity contribution is 5.85. The van der Waals surface area contributed by atoms with E-state index < -0.39 is 11.2 Å². The van der Waals surface area contributed by atoms with Gasteiger partial charge >= 0.3 is 0 Å². The van der Waals surface area contributed by atoms with E-state index in [1.165, 1.54) is 17.5 Å². The van der Waals surface area contributed by atoms with Crippen molar-refractivity contribution in [2.45, 2.75) is 44.3 Å². The molecule has 6 heteroatoms. The van der Waals surface area contributed by atoms with Crippen LogP contribution in [0, 0.1) is 0 Å². The molecular weight excluding hydrogens is 344 g/mol. The van der Waals surface area contributed by atoms with Crippen molar-refractivity contribution in [1.29, 1.82) is 0 Å². The molecule has 0 saturated carbocycles. The van der Waals surface area contributed by atoms with Crippen molar-refractivity contribution < 1.29 is 19.0 Å². The van der Waals surface area contributed by atoms with Gasteiger partial charge in [0.15, 0.2) is 5.60 Å². The first kappa shape index (κ1) is 18.7. The van der Waals surface area contributed by atoms with E-state index in [0.717, 1.165) is 25.1 Å². The Labute approximate surface area is 161 Å². The first-order chi connectivity index (χ1) is 13.0. The highest BCUT2D eigenvalue weighted by atomic mass is 16.5. The van der Waals surface area contributed by atoms with Crippen molar-refractivity contribution >= 4 is 5.91 Å². The topological polar surface area (TPSA) is 60.0 Å². The molecule has 2 aliphatic heterocycles. The number of amides is 1. The van der Waals surface area contributed by atoms with E-state index in [2.05, 4.69) is 17.4 Å². The largest absolute Gasteiger partial charge is 0.478 e. The molecule has 0 radical (unpaired) electrons. The highest BCUT2D eigenvalue weighted by Gasteiger charge is 2.43. The fraction of sp³-hybridized carbons (Fsp3) is 0.667. The Balaban J connectivity index is 1.45. The van der Waals surface area contributed by atoms with Gasteiger partial charge in [-0.05, 0) is 56.4 Å². The maximum Gasteiger partial charge on any atom is 0.266 e. The van der Waals surface area contributed by atoms with Crippen LogP contribution in [-0.2, 0) is 27.1 Å². The van der Waals surface area contributed by atoms with Crippen molar-refractivity contribution in [3.8, 4) is 5.75 Å². The standard InChI is InChI=1S/C21H30N2O4/c1-20(2,27-18-7-6-16-4-3-5-17(16)12-18)19(24)23-9-11-26-21(14-23)13-22-8-10-25-15-21/h6-7,12,22H,3-5,8-11,13-15H2,1-2H3. The van der Waals surface area contributed by atoms with Crippen LogP contribution in [0.25, 0.3) is 0 Å². The summed E-state index contributed by atoms with van der Waals surface area (Å²) in [7, 11) is 0. The molecule has 2 fully saturated rings. The van der Waals surface area contributed by atoms with Gasteiger partial charge in [0, 0.05) is 19.6 Å². The second kappa shape index (κ2) is 7.41.